The molecule has 0 aliphatic carbocycles. The van der Waals surface area contributed by atoms with Gasteiger partial charge in [0.25, 0.3) is 0 Å². The van der Waals surface area contributed by atoms with Gasteiger partial charge in [-0.2, -0.15) is 0 Å². The van der Waals surface area contributed by atoms with E-state index in [0.717, 1.165) is 22.1 Å². The summed E-state index contributed by atoms with van der Waals surface area (Å²) in [6, 6.07) is 70.6. The average molecular weight is 720 g/mol. The van der Waals surface area contributed by atoms with Crippen molar-refractivity contribution in [3.63, 3.8) is 0 Å². The normalized spacial score (nSPS) is 11.3. The Morgan fingerprint density at radius 2 is 0.691 bits per heavy atom. The van der Waals surface area contributed by atoms with Gasteiger partial charge in [-0.3, -0.25) is 0 Å². The fraction of sp³-hybridized carbons (Fsp3) is 0. The number of nitrogens with zero attached hydrogens (tertiary/aromatic N) is 3. The van der Waals surface area contributed by atoms with Gasteiger partial charge in [-0.25, -0.2) is 15.0 Å². The summed E-state index contributed by atoms with van der Waals surface area (Å²) in [6.45, 7) is 0. The van der Waals surface area contributed by atoms with E-state index in [2.05, 4.69) is 164 Å². The summed E-state index contributed by atoms with van der Waals surface area (Å²) in [6.07, 6.45) is 0. The van der Waals surface area contributed by atoms with Crippen LogP contribution in [0.5, 0.6) is 0 Å². The van der Waals surface area contributed by atoms with Crippen LogP contribution in [0.2, 0.25) is 0 Å². The molecule has 0 radical (unpaired) electrons. The summed E-state index contributed by atoms with van der Waals surface area (Å²) in [7, 11) is 0. The van der Waals surface area contributed by atoms with Gasteiger partial charge >= 0.3 is 0 Å². The van der Waals surface area contributed by atoms with Crippen LogP contribution in [-0.2, 0) is 0 Å². The molecule has 258 valence electrons. The number of rotatable bonds is 7. The van der Waals surface area contributed by atoms with Gasteiger partial charge in [0.15, 0.2) is 17.5 Å². The first-order valence-corrected chi connectivity index (χ1v) is 19.3. The number of hydrogen-bond donors (Lipinski definition) is 0. The molecule has 0 spiro atoms. The molecule has 0 amide bonds. The number of fused-ring (bicyclic) bond motifs is 3. The second kappa shape index (κ2) is 14.1. The van der Waals surface area contributed by atoms with Crippen LogP contribution in [0.15, 0.2) is 200 Å². The largest absolute Gasteiger partial charge is 0.208 e. The molecule has 3 nitrogen and oxygen atoms in total. The Balaban J connectivity index is 1.11. The molecule has 0 saturated carbocycles. The average Bonchev–Trinajstić information content (AvgIpc) is 3.65. The van der Waals surface area contributed by atoms with E-state index in [-0.39, 0.29) is 0 Å². The minimum Gasteiger partial charge on any atom is -0.208 e. The lowest BCUT2D eigenvalue weighted by Gasteiger charge is -2.14. The SMILES string of the molecule is c1ccc(-c2nc(-c3ccccc3)nc(-c3cccc4sc5ccc(-c6ccccc6-c6cccc(-c7ccccc7-c7ccccc7)c6)cc5c34)n2)cc1. The number of hydrogen-bond acceptors (Lipinski definition) is 4. The first-order chi connectivity index (χ1) is 27.3. The van der Waals surface area contributed by atoms with Crippen LogP contribution in [0.1, 0.15) is 0 Å². The molecule has 2 heterocycles. The predicted molar refractivity (Wildman–Crippen MR) is 231 cm³/mol. The highest BCUT2D eigenvalue weighted by Gasteiger charge is 2.18. The highest BCUT2D eigenvalue weighted by molar-refractivity contribution is 7.26. The highest BCUT2D eigenvalue weighted by atomic mass is 32.1. The standard InChI is InChI=1S/C51H33N3S/c1-4-16-34(17-5-1)40-24-10-11-25-41(40)37-22-14-23-38(32-37)42-26-12-13-27-43(42)39-30-31-46-45(33-39)48-44(28-15-29-47(48)55-46)51-53-49(35-18-6-2-7-19-35)52-50(54-51)36-20-8-3-9-21-36/h1-33H. The topological polar surface area (TPSA) is 38.7 Å². The Morgan fingerprint density at radius 1 is 0.273 bits per heavy atom. The van der Waals surface area contributed by atoms with E-state index in [4.69, 9.17) is 15.0 Å². The molecule has 0 bridgehead atoms. The van der Waals surface area contributed by atoms with Crippen molar-refractivity contribution < 1.29 is 0 Å². The summed E-state index contributed by atoms with van der Waals surface area (Å²) in [4.78, 5) is 15.2. The van der Waals surface area contributed by atoms with Crippen LogP contribution >= 0.6 is 11.3 Å². The van der Waals surface area contributed by atoms with Crippen LogP contribution in [0.25, 0.3) is 98.8 Å². The van der Waals surface area contributed by atoms with Crippen LogP contribution in [0, 0.1) is 0 Å². The molecule has 0 N–H and O–H groups in total. The van der Waals surface area contributed by atoms with E-state index in [1.165, 1.54) is 59.3 Å². The first-order valence-electron chi connectivity index (χ1n) is 18.4. The molecule has 4 heteroatoms. The zero-order chi connectivity index (χ0) is 36.6. The maximum Gasteiger partial charge on any atom is 0.164 e. The number of thiophene rings is 1. The van der Waals surface area contributed by atoms with Crippen molar-refractivity contribution in [2.24, 2.45) is 0 Å². The van der Waals surface area contributed by atoms with Gasteiger partial charge in [0.1, 0.15) is 0 Å². The van der Waals surface area contributed by atoms with E-state index in [9.17, 15) is 0 Å². The molecule has 55 heavy (non-hydrogen) atoms. The molecule has 0 aliphatic rings. The smallest absolute Gasteiger partial charge is 0.164 e. The summed E-state index contributed by atoms with van der Waals surface area (Å²) >= 11 is 1.80. The van der Waals surface area contributed by atoms with E-state index in [1.54, 1.807) is 11.3 Å². The Labute approximate surface area is 323 Å². The van der Waals surface area contributed by atoms with Gasteiger partial charge in [0.2, 0.25) is 0 Å². The molecule has 0 unspecified atom stereocenters. The highest BCUT2D eigenvalue weighted by Crippen LogP contribution is 2.43. The van der Waals surface area contributed by atoms with Gasteiger partial charge in [0.05, 0.1) is 0 Å². The molecular weight excluding hydrogens is 687 g/mol. The zero-order valence-electron chi connectivity index (χ0n) is 29.8. The zero-order valence-corrected chi connectivity index (χ0v) is 30.6. The van der Waals surface area contributed by atoms with Crippen LogP contribution < -0.4 is 0 Å². The second-order valence-corrected chi connectivity index (χ2v) is 14.7. The Hall–Kier alpha value is -7.01. The predicted octanol–water partition coefficient (Wildman–Crippen LogP) is 13.9. The van der Waals surface area contributed by atoms with Crippen molar-refractivity contribution in [1.29, 1.82) is 0 Å². The first kappa shape index (κ1) is 32.6. The molecule has 8 aromatic carbocycles. The molecular formula is C51H33N3S. The summed E-state index contributed by atoms with van der Waals surface area (Å²) in [5.74, 6) is 1.98. The summed E-state index contributed by atoms with van der Waals surface area (Å²) in [5, 5.41) is 2.35. The van der Waals surface area contributed by atoms with E-state index in [0.29, 0.717) is 17.5 Å². The van der Waals surface area contributed by atoms with Crippen LogP contribution in [0.4, 0.5) is 0 Å². The van der Waals surface area contributed by atoms with Gasteiger partial charge < -0.3 is 0 Å². The van der Waals surface area contributed by atoms with Gasteiger partial charge in [-0.1, -0.05) is 176 Å². The minimum absolute atomic E-state index is 0.657. The molecule has 2 aromatic heterocycles. The Kier molecular flexibility index (Phi) is 8.36. The van der Waals surface area contributed by atoms with Gasteiger partial charge in [-0.05, 0) is 68.8 Å². The lowest BCUT2D eigenvalue weighted by Crippen LogP contribution is -2.00. The van der Waals surface area contributed by atoms with Crippen LogP contribution in [0.3, 0.4) is 0 Å². The van der Waals surface area contributed by atoms with E-state index < -0.39 is 0 Å². The van der Waals surface area contributed by atoms with Gasteiger partial charge in [-0.15, -0.1) is 11.3 Å². The molecule has 10 rings (SSSR count). The van der Waals surface area contributed by atoms with E-state index in [1.807, 2.05) is 36.4 Å². The van der Waals surface area contributed by atoms with Gasteiger partial charge in [0, 0.05) is 36.9 Å². The molecule has 0 fully saturated rings. The Morgan fingerprint density at radius 3 is 1.25 bits per heavy atom. The van der Waals surface area contributed by atoms with Crippen molar-refractivity contribution in [3.05, 3.63) is 200 Å². The molecule has 0 atom stereocenters. The monoisotopic (exact) mass is 719 g/mol. The summed E-state index contributed by atoms with van der Waals surface area (Å²) < 4.78 is 2.43. The van der Waals surface area contributed by atoms with Crippen LogP contribution in [-0.4, -0.2) is 15.0 Å². The van der Waals surface area contributed by atoms with Crippen molar-refractivity contribution in [2.45, 2.75) is 0 Å². The third-order valence-corrected chi connectivity index (χ3v) is 11.3. The summed E-state index contributed by atoms with van der Waals surface area (Å²) in [5.41, 5.74) is 12.5. The van der Waals surface area contributed by atoms with E-state index >= 15 is 0 Å². The minimum atomic E-state index is 0.657. The fourth-order valence-electron chi connectivity index (χ4n) is 7.55. The number of benzene rings is 8. The lowest BCUT2D eigenvalue weighted by atomic mass is 9.90. The van der Waals surface area contributed by atoms with Crippen molar-refractivity contribution in [2.75, 3.05) is 0 Å². The maximum atomic E-state index is 5.11. The molecule has 0 saturated heterocycles. The third kappa shape index (κ3) is 6.19. The third-order valence-electron chi connectivity index (χ3n) is 10.2. The quantitative estimate of drug-likeness (QED) is 0.165. The van der Waals surface area contributed by atoms with Crippen molar-refractivity contribution in [1.82, 2.24) is 15.0 Å². The second-order valence-electron chi connectivity index (χ2n) is 13.6. The fourth-order valence-corrected chi connectivity index (χ4v) is 8.67. The van der Waals surface area contributed by atoms with Crippen molar-refractivity contribution >= 4 is 31.5 Å². The number of aromatic nitrogens is 3. The molecule has 10 aromatic rings. The van der Waals surface area contributed by atoms with Crippen molar-refractivity contribution in [3.8, 4) is 78.7 Å². The Bertz CT molecular complexity index is 2910. The maximum absolute atomic E-state index is 5.11. The lowest BCUT2D eigenvalue weighted by molar-refractivity contribution is 1.08. The molecule has 0 aliphatic heterocycles.